The van der Waals surface area contributed by atoms with Crippen LogP contribution in [-0.2, 0) is 9.53 Å². The quantitative estimate of drug-likeness (QED) is 0.806. The zero-order chi connectivity index (χ0) is 13.0. The molecular weight excluding hydrogens is 251 g/mol. The Bertz CT molecular complexity index is 410. The lowest BCUT2D eigenvalue weighted by Crippen LogP contribution is -2.29. The topological polar surface area (TPSA) is 66.8 Å². The first kappa shape index (κ1) is 13.9. The zero-order valence-corrected chi connectivity index (χ0v) is 9.82. The number of hydrogen-bond acceptors (Lipinski definition) is 4. The van der Waals surface area contributed by atoms with Crippen molar-refractivity contribution in [1.82, 2.24) is 0 Å². The van der Waals surface area contributed by atoms with Gasteiger partial charge in [0.25, 0.3) is 0 Å². The van der Waals surface area contributed by atoms with E-state index >= 15 is 0 Å². The van der Waals surface area contributed by atoms with Gasteiger partial charge in [-0.3, -0.25) is 0 Å². The number of carbonyl (C=O) groups is 1. The molecule has 0 radical (unpaired) electrons. The van der Waals surface area contributed by atoms with Gasteiger partial charge in [0, 0.05) is 0 Å². The van der Waals surface area contributed by atoms with Crippen LogP contribution in [0.5, 0.6) is 0 Å². The van der Waals surface area contributed by atoms with Crippen molar-refractivity contribution in [2.45, 2.75) is 19.1 Å². The van der Waals surface area contributed by atoms with Gasteiger partial charge in [-0.25, -0.2) is 9.18 Å². The second kappa shape index (κ2) is 5.95. The van der Waals surface area contributed by atoms with E-state index < -0.39 is 24.0 Å². The van der Waals surface area contributed by atoms with E-state index in [-0.39, 0.29) is 17.2 Å². The Morgan fingerprint density at radius 2 is 2.18 bits per heavy atom. The summed E-state index contributed by atoms with van der Waals surface area (Å²) in [5.74, 6) is -1.59. The number of ether oxygens (including phenoxy) is 1. The molecule has 0 aliphatic carbocycles. The summed E-state index contributed by atoms with van der Waals surface area (Å²) in [6.07, 6.45) is -3.23. The maximum Gasteiger partial charge on any atom is 0.338 e. The number of halogens is 2. The smallest absolute Gasteiger partial charge is 0.338 e. The lowest BCUT2D eigenvalue weighted by atomic mass is 10.0. The summed E-state index contributed by atoms with van der Waals surface area (Å²) in [5, 5.41) is 18.9. The molecule has 0 saturated heterocycles. The van der Waals surface area contributed by atoms with Crippen molar-refractivity contribution in [3.8, 4) is 0 Å². The van der Waals surface area contributed by atoms with Gasteiger partial charge in [0.2, 0.25) is 0 Å². The first-order valence-electron chi connectivity index (χ1n) is 4.95. The third kappa shape index (κ3) is 3.39. The minimum atomic E-state index is -1.73. The standard InChI is InChI=1S/C11H12ClFO4/c1-2-17-11(16)10(15)9(14)6-3-4-8(13)7(12)5-6/h3-5,9-10,14-15H,2H2,1H3. The minimum Gasteiger partial charge on any atom is -0.464 e. The SMILES string of the molecule is CCOC(=O)C(O)C(O)c1ccc(F)c(Cl)c1. The first-order chi connectivity index (χ1) is 7.97. The monoisotopic (exact) mass is 262 g/mol. The van der Waals surface area contributed by atoms with Crippen molar-refractivity contribution < 1.29 is 24.1 Å². The fourth-order valence-corrected chi connectivity index (χ4v) is 1.42. The van der Waals surface area contributed by atoms with E-state index in [0.29, 0.717) is 0 Å². The Balaban J connectivity index is 2.84. The van der Waals surface area contributed by atoms with Gasteiger partial charge in [-0.05, 0) is 24.6 Å². The van der Waals surface area contributed by atoms with Crippen LogP contribution in [0.3, 0.4) is 0 Å². The van der Waals surface area contributed by atoms with Crippen LogP contribution in [0.1, 0.15) is 18.6 Å². The maximum absolute atomic E-state index is 12.9. The Labute approximate surface area is 103 Å². The molecule has 2 atom stereocenters. The second-order valence-corrected chi connectivity index (χ2v) is 3.72. The van der Waals surface area contributed by atoms with E-state index in [1.54, 1.807) is 6.92 Å². The summed E-state index contributed by atoms with van der Waals surface area (Å²) in [6, 6.07) is 3.41. The number of hydrogen-bond donors (Lipinski definition) is 2. The fraction of sp³-hybridized carbons (Fsp3) is 0.364. The predicted molar refractivity (Wildman–Crippen MR) is 59.0 cm³/mol. The highest BCUT2D eigenvalue weighted by atomic mass is 35.5. The van der Waals surface area contributed by atoms with Gasteiger partial charge < -0.3 is 14.9 Å². The van der Waals surface area contributed by atoms with E-state index in [0.717, 1.165) is 12.1 Å². The summed E-state index contributed by atoms with van der Waals surface area (Å²) in [7, 11) is 0. The largest absolute Gasteiger partial charge is 0.464 e. The van der Waals surface area contributed by atoms with Gasteiger partial charge in [0.15, 0.2) is 6.10 Å². The molecule has 0 aromatic heterocycles. The number of esters is 1. The summed E-state index contributed by atoms with van der Waals surface area (Å²) in [4.78, 5) is 11.2. The molecule has 6 heteroatoms. The van der Waals surface area contributed by atoms with Gasteiger partial charge in [-0.2, -0.15) is 0 Å². The fourth-order valence-electron chi connectivity index (χ4n) is 1.24. The van der Waals surface area contributed by atoms with Crippen molar-refractivity contribution in [2.75, 3.05) is 6.61 Å². The van der Waals surface area contributed by atoms with Crippen molar-refractivity contribution in [3.63, 3.8) is 0 Å². The molecule has 1 aromatic carbocycles. The molecule has 0 saturated carbocycles. The molecule has 1 rings (SSSR count). The molecule has 0 spiro atoms. The molecule has 4 nitrogen and oxygen atoms in total. The van der Waals surface area contributed by atoms with Crippen molar-refractivity contribution in [3.05, 3.63) is 34.6 Å². The predicted octanol–water partition coefficient (Wildman–Crippen LogP) is 1.44. The molecular formula is C11H12ClFO4. The highest BCUT2D eigenvalue weighted by molar-refractivity contribution is 6.30. The van der Waals surface area contributed by atoms with Crippen molar-refractivity contribution >= 4 is 17.6 Å². The van der Waals surface area contributed by atoms with Crippen LogP contribution in [0.15, 0.2) is 18.2 Å². The lowest BCUT2D eigenvalue weighted by Gasteiger charge is -2.16. The Morgan fingerprint density at radius 3 is 2.71 bits per heavy atom. The van der Waals surface area contributed by atoms with Crippen LogP contribution in [0, 0.1) is 5.82 Å². The molecule has 0 amide bonds. The highest BCUT2D eigenvalue weighted by Crippen LogP contribution is 2.23. The summed E-state index contributed by atoms with van der Waals surface area (Å²) in [5.41, 5.74) is 0.136. The average Bonchev–Trinajstić information content (AvgIpc) is 2.31. The van der Waals surface area contributed by atoms with Crippen LogP contribution in [0.4, 0.5) is 4.39 Å². The van der Waals surface area contributed by atoms with E-state index in [1.165, 1.54) is 6.07 Å². The third-order valence-electron chi connectivity index (χ3n) is 2.11. The Morgan fingerprint density at radius 1 is 1.53 bits per heavy atom. The molecule has 0 aliphatic heterocycles. The van der Waals surface area contributed by atoms with Crippen molar-refractivity contribution in [2.24, 2.45) is 0 Å². The number of aliphatic hydroxyl groups excluding tert-OH is 2. The van der Waals surface area contributed by atoms with E-state index in [1.807, 2.05) is 0 Å². The molecule has 0 aliphatic rings. The second-order valence-electron chi connectivity index (χ2n) is 3.32. The number of aliphatic hydroxyl groups is 2. The lowest BCUT2D eigenvalue weighted by molar-refractivity contribution is -0.159. The van der Waals surface area contributed by atoms with Crippen LogP contribution >= 0.6 is 11.6 Å². The third-order valence-corrected chi connectivity index (χ3v) is 2.40. The molecule has 0 fully saturated rings. The average molecular weight is 263 g/mol. The highest BCUT2D eigenvalue weighted by Gasteiger charge is 2.27. The van der Waals surface area contributed by atoms with Gasteiger partial charge >= 0.3 is 5.97 Å². The zero-order valence-electron chi connectivity index (χ0n) is 9.06. The number of benzene rings is 1. The summed E-state index contributed by atoms with van der Waals surface area (Å²) < 4.78 is 17.4. The Hall–Kier alpha value is -1.17. The number of rotatable bonds is 4. The van der Waals surface area contributed by atoms with Gasteiger partial charge in [0.1, 0.15) is 11.9 Å². The molecule has 2 N–H and O–H groups in total. The summed E-state index contributed by atoms with van der Waals surface area (Å²) >= 11 is 5.52. The summed E-state index contributed by atoms with van der Waals surface area (Å²) in [6.45, 7) is 1.67. The molecule has 0 bridgehead atoms. The van der Waals surface area contributed by atoms with Crippen LogP contribution in [-0.4, -0.2) is 28.9 Å². The molecule has 0 heterocycles. The van der Waals surface area contributed by atoms with Gasteiger partial charge in [-0.1, -0.05) is 17.7 Å². The van der Waals surface area contributed by atoms with Gasteiger partial charge in [-0.15, -0.1) is 0 Å². The number of carbonyl (C=O) groups excluding carboxylic acids is 1. The van der Waals surface area contributed by atoms with Crippen LogP contribution in [0.25, 0.3) is 0 Å². The Kier molecular flexibility index (Phi) is 4.86. The van der Waals surface area contributed by atoms with E-state index in [2.05, 4.69) is 4.74 Å². The minimum absolute atomic E-state index is 0.0901. The maximum atomic E-state index is 12.9. The molecule has 17 heavy (non-hydrogen) atoms. The first-order valence-corrected chi connectivity index (χ1v) is 5.33. The molecule has 1 aromatic rings. The molecule has 94 valence electrons. The molecule has 2 unspecified atom stereocenters. The normalized spacial score (nSPS) is 14.2. The van der Waals surface area contributed by atoms with Crippen molar-refractivity contribution in [1.29, 1.82) is 0 Å². The van der Waals surface area contributed by atoms with E-state index in [9.17, 15) is 19.4 Å². The van der Waals surface area contributed by atoms with Crippen LogP contribution < -0.4 is 0 Å². The van der Waals surface area contributed by atoms with Gasteiger partial charge in [0.05, 0.1) is 11.6 Å². The van der Waals surface area contributed by atoms with Crippen LogP contribution in [0.2, 0.25) is 5.02 Å². The van der Waals surface area contributed by atoms with E-state index in [4.69, 9.17) is 11.6 Å².